The van der Waals surface area contributed by atoms with Gasteiger partial charge in [-0.25, -0.2) is 8.42 Å². The molecule has 0 saturated heterocycles. The molecule has 9 heteroatoms. The first-order valence-corrected chi connectivity index (χ1v) is 15.6. The zero-order valence-corrected chi connectivity index (χ0v) is 25.0. The predicted octanol–water partition coefficient (Wildman–Crippen LogP) is 5.08. The van der Waals surface area contributed by atoms with Crippen LogP contribution in [0.1, 0.15) is 36.5 Å². The molecule has 0 aromatic heterocycles. The quantitative estimate of drug-likeness (QED) is 0.272. The van der Waals surface area contributed by atoms with Crippen molar-refractivity contribution in [1.82, 2.24) is 10.2 Å². The Hall–Kier alpha value is -3.17. The van der Waals surface area contributed by atoms with Gasteiger partial charge < -0.3 is 10.2 Å². The molecule has 0 radical (unpaired) electrons. The summed E-state index contributed by atoms with van der Waals surface area (Å²) in [4.78, 5) is 29.1. The molecule has 7 nitrogen and oxygen atoms in total. The third-order valence-corrected chi connectivity index (χ3v) is 8.00. The van der Waals surface area contributed by atoms with Gasteiger partial charge in [-0.1, -0.05) is 83.9 Å². The Morgan fingerprint density at radius 1 is 0.949 bits per heavy atom. The molecule has 208 valence electrons. The molecular weight excluding hydrogens is 578 g/mol. The number of amides is 2. The van der Waals surface area contributed by atoms with Gasteiger partial charge in [0.25, 0.3) is 0 Å². The van der Waals surface area contributed by atoms with Gasteiger partial charge in [-0.05, 0) is 54.3 Å². The van der Waals surface area contributed by atoms with E-state index < -0.39 is 28.5 Å². The normalized spacial score (nSPS) is 12.0. The molecule has 0 heterocycles. The largest absolute Gasteiger partial charge is 0.354 e. The Bertz CT molecular complexity index is 1350. The molecule has 39 heavy (non-hydrogen) atoms. The number of nitrogens with one attached hydrogen (secondary N) is 1. The summed E-state index contributed by atoms with van der Waals surface area (Å²) in [5.74, 6) is -0.726. The topological polar surface area (TPSA) is 86.8 Å². The molecule has 0 unspecified atom stereocenters. The van der Waals surface area contributed by atoms with Crippen molar-refractivity contribution >= 4 is 43.5 Å². The van der Waals surface area contributed by atoms with Crippen LogP contribution in [0.5, 0.6) is 0 Å². The number of nitrogens with zero attached hydrogens (tertiary/aromatic N) is 2. The fourth-order valence-electron chi connectivity index (χ4n) is 4.24. The maximum atomic E-state index is 14.0. The molecular formula is C30H36BrN3O4S. The first-order valence-electron chi connectivity index (χ1n) is 13.0. The van der Waals surface area contributed by atoms with Gasteiger partial charge in [-0.15, -0.1) is 0 Å². The van der Waals surface area contributed by atoms with Crippen LogP contribution in [0.25, 0.3) is 0 Å². The summed E-state index contributed by atoms with van der Waals surface area (Å²) in [6.07, 6.45) is 3.12. The second kappa shape index (κ2) is 14.3. The molecule has 0 fully saturated rings. The van der Waals surface area contributed by atoms with Crippen molar-refractivity contribution in [2.24, 2.45) is 0 Å². The fourth-order valence-corrected chi connectivity index (χ4v) is 5.35. The zero-order chi connectivity index (χ0) is 28.4. The number of rotatable bonds is 13. The fraction of sp³-hybridized carbons (Fsp3) is 0.333. The number of hydrogen-bond acceptors (Lipinski definition) is 4. The summed E-state index contributed by atoms with van der Waals surface area (Å²) < 4.78 is 27.7. The van der Waals surface area contributed by atoms with E-state index in [1.54, 1.807) is 18.2 Å². The van der Waals surface area contributed by atoms with E-state index in [9.17, 15) is 18.0 Å². The van der Waals surface area contributed by atoms with E-state index in [-0.39, 0.29) is 12.5 Å². The van der Waals surface area contributed by atoms with E-state index in [0.29, 0.717) is 18.7 Å². The number of unbranched alkanes of at least 4 members (excludes halogenated alkanes) is 1. The van der Waals surface area contributed by atoms with Crippen molar-refractivity contribution in [3.8, 4) is 0 Å². The third kappa shape index (κ3) is 9.21. The summed E-state index contributed by atoms with van der Waals surface area (Å²) in [6.45, 7) is 4.13. The molecule has 0 aliphatic rings. The number of benzene rings is 3. The number of aryl methyl sites for hydroxylation is 1. The van der Waals surface area contributed by atoms with Gasteiger partial charge in [0.2, 0.25) is 21.8 Å². The van der Waals surface area contributed by atoms with Crippen LogP contribution in [-0.4, -0.2) is 50.5 Å². The lowest BCUT2D eigenvalue weighted by atomic mass is 10.0. The highest BCUT2D eigenvalue weighted by atomic mass is 79.9. The average Bonchev–Trinajstić information content (AvgIpc) is 2.90. The van der Waals surface area contributed by atoms with Crippen LogP contribution in [0, 0.1) is 6.92 Å². The summed E-state index contributed by atoms with van der Waals surface area (Å²) in [6, 6.07) is 23.2. The van der Waals surface area contributed by atoms with Crippen LogP contribution in [0.3, 0.4) is 0 Å². The van der Waals surface area contributed by atoms with Gasteiger partial charge in [0.1, 0.15) is 12.6 Å². The van der Waals surface area contributed by atoms with Crippen molar-refractivity contribution in [3.05, 3.63) is 100 Å². The molecule has 0 saturated carbocycles. The maximum absolute atomic E-state index is 14.0. The molecule has 0 aliphatic heterocycles. The van der Waals surface area contributed by atoms with Crippen molar-refractivity contribution in [2.45, 2.75) is 45.7 Å². The molecule has 3 rings (SSSR count). The van der Waals surface area contributed by atoms with Gasteiger partial charge in [0.05, 0.1) is 11.9 Å². The Morgan fingerprint density at radius 3 is 2.26 bits per heavy atom. The molecule has 3 aromatic carbocycles. The van der Waals surface area contributed by atoms with Crippen molar-refractivity contribution in [1.29, 1.82) is 0 Å². The molecule has 1 atom stereocenters. The maximum Gasteiger partial charge on any atom is 0.244 e. The van der Waals surface area contributed by atoms with Gasteiger partial charge in [0, 0.05) is 24.0 Å². The van der Waals surface area contributed by atoms with Crippen LogP contribution in [-0.2, 0) is 32.6 Å². The lowest BCUT2D eigenvalue weighted by Crippen LogP contribution is -2.53. The first-order chi connectivity index (χ1) is 18.6. The number of sulfonamides is 1. The molecule has 2 amide bonds. The van der Waals surface area contributed by atoms with E-state index in [1.807, 2.05) is 74.5 Å². The molecule has 3 aromatic rings. The number of hydrogen-bond donors (Lipinski definition) is 1. The molecule has 0 aliphatic carbocycles. The van der Waals surface area contributed by atoms with E-state index in [0.717, 1.165) is 44.6 Å². The Kier molecular flexibility index (Phi) is 11.1. The summed E-state index contributed by atoms with van der Waals surface area (Å²) in [5, 5.41) is 2.98. The van der Waals surface area contributed by atoms with Crippen LogP contribution in [0.15, 0.2) is 83.3 Å². The van der Waals surface area contributed by atoms with E-state index in [4.69, 9.17) is 0 Å². The zero-order valence-electron chi connectivity index (χ0n) is 22.6. The van der Waals surface area contributed by atoms with Crippen molar-refractivity contribution in [3.63, 3.8) is 0 Å². The van der Waals surface area contributed by atoms with Crippen molar-refractivity contribution < 1.29 is 18.0 Å². The molecule has 0 bridgehead atoms. The van der Waals surface area contributed by atoms with E-state index >= 15 is 0 Å². The van der Waals surface area contributed by atoms with Crippen LogP contribution in [0.2, 0.25) is 0 Å². The smallest absolute Gasteiger partial charge is 0.244 e. The number of anilines is 1. The highest BCUT2D eigenvalue weighted by Crippen LogP contribution is 2.22. The Labute approximate surface area is 240 Å². The first kappa shape index (κ1) is 30.4. The second-order valence-corrected chi connectivity index (χ2v) is 12.4. The second-order valence-electron chi connectivity index (χ2n) is 9.61. The van der Waals surface area contributed by atoms with Crippen LogP contribution < -0.4 is 9.62 Å². The highest BCUT2D eigenvalue weighted by molar-refractivity contribution is 9.10. The summed E-state index contributed by atoms with van der Waals surface area (Å²) in [5.41, 5.74) is 3.01. The average molecular weight is 615 g/mol. The third-order valence-electron chi connectivity index (χ3n) is 6.34. The lowest BCUT2D eigenvalue weighted by molar-refractivity contribution is -0.140. The van der Waals surface area contributed by atoms with Crippen LogP contribution in [0.4, 0.5) is 5.69 Å². The van der Waals surface area contributed by atoms with E-state index in [2.05, 4.69) is 21.2 Å². The van der Waals surface area contributed by atoms with Gasteiger partial charge >= 0.3 is 0 Å². The summed E-state index contributed by atoms with van der Waals surface area (Å²) in [7, 11) is -3.79. The Balaban J connectivity index is 2.02. The SMILES string of the molecule is CCCCNC(=O)[C@@H](Cc1ccccc1)N(Cc1ccc(Br)cc1)C(=O)CN(c1cccc(C)c1)S(C)(=O)=O. The Morgan fingerprint density at radius 2 is 1.64 bits per heavy atom. The molecule has 0 spiro atoms. The van der Waals surface area contributed by atoms with Crippen molar-refractivity contribution in [2.75, 3.05) is 23.7 Å². The minimum atomic E-state index is -3.79. The molecule has 1 N–H and O–H groups in total. The number of halogens is 1. The van der Waals surface area contributed by atoms with E-state index in [1.165, 1.54) is 4.90 Å². The predicted molar refractivity (Wildman–Crippen MR) is 160 cm³/mol. The van der Waals surface area contributed by atoms with Gasteiger partial charge in [-0.3, -0.25) is 13.9 Å². The minimum Gasteiger partial charge on any atom is -0.354 e. The van der Waals surface area contributed by atoms with Crippen LogP contribution >= 0.6 is 15.9 Å². The van der Waals surface area contributed by atoms with Gasteiger partial charge in [-0.2, -0.15) is 0 Å². The summed E-state index contributed by atoms with van der Waals surface area (Å²) >= 11 is 3.44. The monoisotopic (exact) mass is 613 g/mol. The number of carbonyl (C=O) groups is 2. The highest BCUT2D eigenvalue weighted by Gasteiger charge is 2.33. The standard InChI is InChI=1S/C30H36BrN3O4S/c1-4-5-18-32-30(36)28(20-24-11-7-6-8-12-24)33(21-25-14-16-26(31)17-15-25)29(35)22-34(39(3,37)38)27-13-9-10-23(2)19-27/h6-17,19,28H,4-5,18,20-22H2,1-3H3,(H,32,36)/t28-/m1/s1. The minimum absolute atomic E-state index is 0.149. The number of carbonyl (C=O) groups excluding carboxylic acids is 2. The van der Waals surface area contributed by atoms with Gasteiger partial charge in [0.15, 0.2) is 0 Å². The lowest BCUT2D eigenvalue weighted by Gasteiger charge is -2.33.